The maximum Gasteiger partial charge on any atom is 0.268 e. The number of carbonyl (C=O) groups is 1. The normalized spacial score (nSPS) is 27.1. The third kappa shape index (κ3) is 2.62. The van der Waals surface area contributed by atoms with Crippen molar-refractivity contribution in [2.24, 2.45) is 5.92 Å². The maximum absolute atomic E-state index is 12.5. The Labute approximate surface area is 120 Å². The van der Waals surface area contributed by atoms with Crippen LogP contribution in [-0.2, 0) is 0 Å². The summed E-state index contributed by atoms with van der Waals surface area (Å²) in [5.41, 5.74) is 0.775. The predicted octanol–water partition coefficient (Wildman–Crippen LogP) is 2.49. The number of hydrogen-bond donors (Lipinski definition) is 2. The first-order valence-corrected chi connectivity index (χ1v) is 7.88. The van der Waals surface area contributed by atoms with Gasteiger partial charge in [0.15, 0.2) is 0 Å². The van der Waals surface area contributed by atoms with E-state index in [-0.39, 0.29) is 24.5 Å². The Morgan fingerprint density at radius 1 is 1.25 bits per heavy atom. The average Bonchev–Trinajstić information content (AvgIpc) is 2.86. The van der Waals surface area contributed by atoms with Gasteiger partial charge in [-0.05, 0) is 44.2 Å². The fourth-order valence-electron chi connectivity index (χ4n) is 3.43. The third-order valence-electron chi connectivity index (χ3n) is 4.94. The number of aliphatic hydroxyl groups is 1. The van der Waals surface area contributed by atoms with Crippen LogP contribution in [0.4, 0.5) is 0 Å². The van der Waals surface area contributed by atoms with Gasteiger partial charge in [0.1, 0.15) is 5.69 Å². The Balaban J connectivity index is 1.68. The third-order valence-corrected chi connectivity index (χ3v) is 4.94. The van der Waals surface area contributed by atoms with Gasteiger partial charge in [-0.2, -0.15) is 0 Å². The van der Waals surface area contributed by atoms with Crippen LogP contribution < -0.4 is 5.32 Å². The van der Waals surface area contributed by atoms with E-state index in [9.17, 15) is 9.90 Å². The van der Waals surface area contributed by atoms with Crippen molar-refractivity contribution < 1.29 is 9.90 Å². The van der Waals surface area contributed by atoms with Crippen molar-refractivity contribution in [2.75, 3.05) is 6.61 Å². The molecular formula is C16H24N2O2. The molecule has 0 aliphatic heterocycles. The lowest BCUT2D eigenvalue weighted by Gasteiger charge is -2.32. The predicted molar refractivity (Wildman–Crippen MR) is 77.6 cm³/mol. The van der Waals surface area contributed by atoms with Crippen LogP contribution in [0.15, 0.2) is 18.3 Å². The van der Waals surface area contributed by atoms with Crippen molar-refractivity contribution in [3.8, 4) is 0 Å². The molecule has 1 heterocycles. The van der Waals surface area contributed by atoms with Gasteiger partial charge in [-0.15, -0.1) is 0 Å². The zero-order chi connectivity index (χ0) is 13.9. The highest BCUT2D eigenvalue weighted by molar-refractivity contribution is 5.93. The Bertz CT molecular complexity index is 465. The summed E-state index contributed by atoms with van der Waals surface area (Å²) in [6.45, 7) is 0.175. The van der Waals surface area contributed by atoms with Gasteiger partial charge in [-0.3, -0.25) is 4.79 Å². The molecule has 0 saturated heterocycles. The minimum absolute atomic E-state index is 0.0206. The second-order valence-corrected chi connectivity index (χ2v) is 6.19. The fraction of sp³-hybridized carbons (Fsp3) is 0.688. The zero-order valence-corrected chi connectivity index (χ0v) is 11.9. The maximum atomic E-state index is 12.5. The molecule has 2 saturated carbocycles. The van der Waals surface area contributed by atoms with Gasteiger partial charge in [0.2, 0.25) is 0 Å². The molecule has 4 nitrogen and oxygen atoms in total. The fourth-order valence-corrected chi connectivity index (χ4v) is 3.43. The van der Waals surface area contributed by atoms with Gasteiger partial charge >= 0.3 is 0 Å². The van der Waals surface area contributed by atoms with Crippen LogP contribution >= 0.6 is 0 Å². The first-order chi connectivity index (χ1) is 9.79. The molecular weight excluding hydrogens is 252 g/mol. The number of carbonyl (C=O) groups excluding carboxylic acids is 1. The van der Waals surface area contributed by atoms with Gasteiger partial charge in [0.25, 0.3) is 5.91 Å². The molecule has 1 amide bonds. The van der Waals surface area contributed by atoms with E-state index in [0.717, 1.165) is 31.4 Å². The van der Waals surface area contributed by atoms with Crippen LogP contribution in [0.5, 0.6) is 0 Å². The molecule has 2 atom stereocenters. The largest absolute Gasteiger partial charge is 0.396 e. The van der Waals surface area contributed by atoms with E-state index in [0.29, 0.717) is 6.04 Å². The molecule has 2 aliphatic carbocycles. The van der Waals surface area contributed by atoms with Gasteiger partial charge in [0, 0.05) is 30.8 Å². The summed E-state index contributed by atoms with van der Waals surface area (Å²) in [7, 11) is 0. The molecule has 4 heteroatoms. The number of aliphatic hydroxyl groups excluding tert-OH is 1. The van der Waals surface area contributed by atoms with Crippen LogP contribution in [0.25, 0.3) is 0 Å². The Morgan fingerprint density at radius 2 is 2.05 bits per heavy atom. The van der Waals surface area contributed by atoms with Crippen molar-refractivity contribution in [3.05, 3.63) is 24.0 Å². The van der Waals surface area contributed by atoms with E-state index < -0.39 is 0 Å². The quantitative estimate of drug-likeness (QED) is 0.887. The van der Waals surface area contributed by atoms with Crippen LogP contribution in [-0.4, -0.2) is 28.2 Å². The minimum atomic E-state index is 0.0206. The number of nitrogens with one attached hydrogen (secondary N) is 1. The average molecular weight is 276 g/mol. The molecule has 2 fully saturated rings. The number of aromatic nitrogens is 1. The topological polar surface area (TPSA) is 54.3 Å². The first-order valence-electron chi connectivity index (χ1n) is 7.88. The van der Waals surface area contributed by atoms with Gasteiger partial charge in [0.05, 0.1) is 0 Å². The van der Waals surface area contributed by atoms with Crippen molar-refractivity contribution in [3.63, 3.8) is 0 Å². The molecule has 0 spiro atoms. The summed E-state index contributed by atoms with van der Waals surface area (Å²) in [5, 5.41) is 12.6. The molecule has 0 radical (unpaired) electrons. The van der Waals surface area contributed by atoms with Crippen molar-refractivity contribution in [2.45, 2.75) is 57.0 Å². The standard InChI is InChI=1S/C16H24N2O2/c19-11-12-5-1-2-8-14(12)17-16(20)15-9-4-10-18(15)13-6-3-7-13/h4,9-10,12-14,19H,1-3,5-8,11H2,(H,17,20). The SMILES string of the molecule is O=C(NC1CCCCC1CO)c1cccn1C1CCC1. The lowest BCUT2D eigenvalue weighted by Crippen LogP contribution is -2.44. The van der Waals surface area contributed by atoms with Gasteiger partial charge in [-0.25, -0.2) is 0 Å². The lowest BCUT2D eigenvalue weighted by atomic mass is 9.85. The highest BCUT2D eigenvalue weighted by Gasteiger charge is 2.28. The second kappa shape index (κ2) is 6.00. The van der Waals surface area contributed by atoms with E-state index in [1.807, 2.05) is 18.3 Å². The molecule has 3 rings (SSSR count). The Morgan fingerprint density at radius 3 is 2.75 bits per heavy atom. The van der Waals surface area contributed by atoms with Crippen LogP contribution in [0.1, 0.15) is 61.5 Å². The summed E-state index contributed by atoms with van der Waals surface area (Å²) in [6.07, 6.45) is 9.95. The number of amides is 1. The molecule has 20 heavy (non-hydrogen) atoms. The van der Waals surface area contributed by atoms with Crippen molar-refractivity contribution >= 4 is 5.91 Å². The van der Waals surface area contributed by atoms with E-state index in [1.165, 1.54) is 19.3 Å². The highest BCUT2D eigenvalue weighted by Crippen LogP contribution is 2.33. The van der Waals surface area contributed by atoms with Crippen molar-refractivity contribution in [1.82, 2.24) is 9.88 Å². The van der Waals surface area contributed by atoms with Crippen LogP contribution in [0.2, 0.25) is 0 Å². The second-order valence-electron chi connectivity index (χ2n) is 6.19. The van der Waals surface area contributed by atoms with E-state index in [2.05, 4.69) is 9.88 Å². The summed E-state index contributed by atoms with van der Waals surface area (Å²) < 4.78 is 2.12. The van der Waals surface area contributed by atoms with Crippen LogP contribution in [0, 0.1) is 5.92 Å². The summed E-state index contributed by atoms with van der Waals surface area (Å²) in [5.74, 6) is 0.243. The van der Waals surface area contributed by atoms with Gasteiger partial charge < -0.3 is 15.0 Å². The van der Waals surface area contributed by atoms with E-state index in [1.54, 1.807) is 0 Å². The molecule has 2 N–H and O–H groups in total. The lowest BCUT2D eigenvalue weighted by molar-refractivity contribution is 0.0858. The molecule has 2 aliphatic rings. The van der Waals surface area contributed by atoms with E-state index in [4.69, 9.17) is 0 Å². The monoisotopic (exact) mass is 276 g/mol. The molecule has 0 bridgehead atoms. The number of hydrogen-bond acceptors (Lipinski definition) is 2. The molecule has 1 aromatic heterocycles. The summed E-state index contributed by atoms with van der Waals surface area (Å²) >= 11 is 0. The Kier molecular flexibility index (Phi) is 4.10. The molecule has 110 valence electrons. The minimum Gasteiger partial charge on any atom is -0.396 e. The van der Waals surface area contributed by atoms with Gasteiger partial charge in [-0.1, -0.05) is 12.8 Å². The molecule has 1 aromatic rings. The van der Waals surface area contributed by atoms with E-state index >= 15 is 0 Å². The number of nitrogens with zero attached hydrogens (tertiary/aromatic N) is 1. The van der Waals surface area contributed by atoms with Crippen LogP contribution in [0.3, 0.4) is 0 Å². The van der Waals surface area contributed by atoms with Crippen molar-refractivity contribution in [1.29, 1.82) is 0 Å². The highest BCUT2D eigenvalue weighted by atomic mass is 16.3. The summed E-state index contributed by atoms with van der Waals surface area (Å²) in [6, 6.07) is 4.50. The summed E-state index contributed by atoms with van der Waals surface area (Å²) in [4.78, 5) is 12.5. The zero-order valence-electron chi connectivity index (χ0n) is 11.9. The first kappa shape index (κ1) is 13.7. The molecule has 0 aromatic carbocycles. The molecule has 2 unspecified atom stereocenters. The number of rotatable bonds is 4. The smallest absolute Gasteiger partial charge is 0.268 e. The Hall–Kier alpha value is -1.29.